The molecule has 6 nitrogen and oxygen atoms in total. The van der Waals surface area contributed by atoms with E-state index in [0.717, 1.165) is 32.0 Å². The van der Waals surface area contributed by atoms with Crippen molar-refractivity contribution in [1.82, 2.24) is 15.0 Å². The van der Waals surface area contributed by atoms with E-state index in [4.69, 9.17) is 5.26 Å². The molecule has 0 bridgehead atoms. The van der Waals surface area contributed by atoms with E-state index in [2.05, 4.69) is 25.9 Å². The molecule has 23 heavy (non-hydrogen) atoms. The average molecular weight is 310 g/mol. The first-order valence-corrected chi connectivity index (χ1v) is 7.56. The van der Waals surface area contributed by atoms with E-state index in [9.17, 15) is 4.39 Å². The van der Waals surface area contributed by atoms with Crippen molar-refractivity contribution < 1.29 is 4.39 Å². The maximum atomic E-state index is 13.8. The van der Waals surface area contributed by atoms with E-state index < -0.39 is 0 Å². The van der Waals surface area contributed by atoms with Gasteiger partial charge in [0, 0.05) is 44.2 Å². The number of nitrogens with zero attached hydrogens (tertiary/aromatic N) is 6. The van der Waals surface area contributed by atoms with E-state index in [0.29, 0.717) is 23.2 Å². The van der Waals surface area contributed by atoms with Crippen LogP contribution in [0.3, 0.4) is 0 Å². The molecule has 2 atom stereocenters. The van der Waals surface area contributed by atoms with Crippen LogP contribution in [0, 0.1) is 29.0 Å². The second-order valence-corrected chi connectivity index (χ2v) is 6.04. The van der Waals surface area contributed by atoms with Crippen molar-refractivity contribution in [3.63, 3.8) is 0 Å². The maximum Gasteiger partial charge on any atom is 0.183 e. The van der Waals surface area contributed by atoms with Crippen LogP contribution in [-0.4, -0.2) is 41.1 Å². The first-order valence-electron chi connectivity index (χ1n) is 7.56. The van der Waals surface area contributed by atoms with E-state index in [1.54, 1.807) is 12.3 Å². The van der Waals surface area contributed by atoms with Gasteiger partial charge in [-0.05, 0) is 12.1 Å². The number of pyridine rings is 1. The van der Waals surface area contributed by atoms with Crippen molar-refractivity contribution in [2.75, 3.05) is 36.0 Å². The highest BCUT2D eigenvalue weighted by Crippen LogP contribution is 2.35. The van der Waals surface area contributed by atoms with Crippen molar-refractivity contribution in [2.24, 2.45) is 11.8 Å². The molecule has 116 valence electrons. The average Bonchev–Trinajstić information content (AvgIpc) is 3.14. The van der Waals surface area contributed by atoms with Gasteiger partial charge in [-0.2, -0.15) is 5.26 Å². The van der Waals surface area contributed by atoms with Crippen LogP contribution in [0.4, 0.5) is 16.0 Å². The Balaban J connectivity index is 1.46. The SMILES string of the molecule is N#Cc1ccc(N2CC3CN(c4ncncc4F)CC3C2)nc1. The Morgan fingerprint density at radius 3 is 2.39 bits per heavy atom. The van der Waals surface area contributed by atoms with Crippen LogP contribution in [0.1, 0.15) is 5.56 Å². The first kappa shape index (κ1) is 13.9. The smallest absolute Gasteiger partial charge is 0.183 e. The molecule has 4 rings (SSSR count). The lowest BCUT2D eigenvalue weighted by atomic mass is 10.0. The zero-order chi connectivity index (χ0) is 15.8. The van der Waals surface area contributed by atoms with E-state index in [1.807, 2.05) is 11.0 Å². The largest absolute Gasteiger partial charge is 0.356 e. The Morgan fingerprint density at radius 2 is 1.78 bits per heavy atom. The molecule has 0 radical (unpaired) electrons. The number of rotatable bonds is 2. The number of halogens is 1. The summed E-state index contributed by atoms with van der Waals surface area (Å²) in [6, 6.07) is 5.76. The minimum absolute atomic E-state index is 0.363. The summed E-state index contributed by atoms with van der Waals surface area (Å²) in [4.78, 5) is 16.4. The fraction of sp³-hybridized carbons (Fsp3) is 0.375. The van der Waals surface area contributed by atoms with Gasteiger partial charge in [-0.1, -0.05) is 0 Å². The molecule has 2 aromatic heterocycles. The Morgan fingerprint density at radius 1 is 1.04 bits per heavy atom. The summed E-state index contributed by atoms with van der Waals surface area (Å²) in [5, 5.41) is 8.83. The summed E-state index contributed by atoms with van der Waals surface area (Å²) >= 11 is 0. The third-order valence-electron chi connectivity index (χ3n) is 4.63. The topological polar surface area (TPSA) is 68.9 Å². The highest BCUT2D eigenvalue weighted by atomic mass is 19.1. The van der Waals surface area contributed by atoms with Gasteiger partial charge in [-0.3, -0.25) is 0 Å². The van der Waals surface area contributed by atoms with Crippen molar-refractivity contribution >= 4 is 11.6 Å². The number of fused-ring (bicyclic) bond motifs is 1. The second-order valence-electron chi connectivity index (χ2n) is 6.04. The number of hydrogen-bond acceptors (Lipinski definition) is 6. The molecule has 7 heteroatoms. The van der Waals surface area contributed by atoms with Gasteiger partial charge < -0.3 is 9.80 Å². The van der Waals surface area contributed by atoms with Crippen LogP contribution in [-0.2, 0) is 0 Å². The summed E-state index contributed by atoms with van der Waals surface area (Å²) < 4.78 is 13.8. The number of nitriles is 1. The molecule has 2 aliphatic rings. The van der Waals surface area contributed by atoms with Crippen LogP contribution in [0.15, 0.2) is 30.9 Å². The zero-order valence-corrected chi connectivity index (χ0v) is 12.4. The zero-order valence-electron chi connectivity index (χ0n) is 12.4. The molecule has 2 aromatic rings. The second kappa shape index (κ2) is 5.47. The van der Waals surface area contributed by atoms with E-state index in [-0.39, 0.29) is 5.82 Å². The molecular formula is C16H15FN6. The van der Waals surface area contributed by atoms with Crippen LogP contribution >= 0.6 is 0 Å². The van der Waals surface area contributed by atoms with E-state index >= 15 is 0 Å². The molecule has 0 N–H and O–H groups in total. The lowest BCUT2D eigenvalue weighted by Crippen LogP contribution is -2.30. The third kappa shape index (κ3) is 2.46. The summed E-state index contributed by atoms with van der Waals surface area (Å²) in [7, 11) is 0. The molecular weight excluding hydrogens is 295 g/mol. The lowest BCUT2D eigenvalue weighted by molar-refractivity contribution is 0.533. The van der Waals surface area contributed by atoms with Gasteiger partial charge in [0.1, 0.15) is 18.2 Å². The van der Waals surface area contributed by atoms with Gasteiger partial charge in [0.05, 0.1) is 11.8 Å². The van der Waals surface area contributed by atoms with Gasteiger partial charge in [-0.25, -0.2) is 19.3 Å². The molecule has 2 saturated heterocycles. The molecule has 0 spiro atoms. The lowest BCUT2D eigenvalue weighted by Gasteiger charge is -2.23. The molecule has 0 aliphatic carbocycles. The van der Waals surface area contributed by atoms with Gasteiger partial charge in [0.15, 0.2) is 11.6 Å². The summed E-state index contributed by atoms with van der Waals surface area (Å²) in [6.45, 7) is 3.39. The Labute approximate surface area is 133 Å². The Bertz CT molecular complexity index is 742. The van der Waals surface area contributed by atoms with Gasteiger partial charge in [-0.15, -0.1) is 0 Å². The number of anilines is 2. The molecule has 2 aliphatic heterocycles. The maximum absolute atomic E-state index is 13.8. The van der Waals surface area contributed by atoms with Gasteiger partial charge in [0.2, 0.25) is 0 Å². The van der Waals surface area contributed by atoms with E-state index in [1.165, 1.54) is 12.5 Å². The first-order chi connectivity index (χ1) is 11.2. The van der Waals surface area contributed by atoms with Crippen LogP contribution in [0.2, 0.25) is 0 Å². The Hall–Kier alpha value is -2.75. The highest BCUT2D eigenvalue weighted by molar-refractivity contribution is 5.46. The fourth-order valence-electron chi connectivity index (χ4n) is 3.53. The predicted octanol–water partition coefficient (Wildman–Crippen LogP) is 1.45. The molecule has 2 fully saturated rings. The molecule has 0 saturated carbocycles. The fourth-order valence-corrected chi connectivity index (χ4v) is 3.53. The van der Waals surface area contributed by atoms with Crippen LogP contribution in [0.25, 0.3) is 0 Å². The quantitative estimate of drug-likeness (QED) is 0.836. The summed E-state index contributed by atoms with van der Waals surface area (Å²) in [5.41, 5.74) is 0.568. The molecule has 0 aromatic carbocycles. The van der Waals surface area contributed by atoms with Crippen LogP contribution in [0.5, 0.6) is 0 Å². The Kier molecular flexibility index (Phi) is 3.30. The number of aromatic nitrogens is 3. The van der Waals surface area contributed by atoms with Crippen LogP contribution < -0.4 is 9.80 Å². The summed E-state index contributed by atoms with van der Waals surface area (Å²) in [6.07, 6.45) is 4.20. The monoisotopic (exact) mass is 310 g/mol. The van der Waals surface area contributed by atoms with Crippen molar-refractivity contribution in [3.8, 4) is 6.07 Å². The molecule has 2 unspecified atom stereocenters. The van der Waals surface area contributed by atoms with Crippen molar-refractivity contribution in [2.45, 2.75) is 0 Å². The third-order valence-corrected chi connectivity index (χ3v) is 4.63. The molecule has 0 amide bonds. The highest BCUT2D eigenvalue weighted by Gasteiger charge is 2.41. The minimum Gasteiger partial charge on any atom is -0.356 e. The minimum atomic E-state index is -0.363. The summed E-state index contributed by atoms with van der Waals surface area (Å²) in [5.74, 6) is 1.89. The molecule has 4 heterocycles. The van der Waals surface area contributed by atoms with Gasteiger partial charge >= 0.3 is 0 Å². The predicted molar refractivity (Wildman–Crippen MR) is 82.3 cm³/mol. The van der Waals surface area contributed by atoms with Crippen molar-refractivity contribution in [3.05, 3.63) is 42.2 Å². The normalized spacial score (nSPS) is 23.0. The van der Waals surface area contributed by atoms with Gasteiger partial charge in [0.25, 0.3) is 0 Å². The number of hydrogen-bond donors (Lipinski definition) is 0. The standard InChI is InChI=1S/C16H15FN6/c17-14-5-19-10-21-16(14)23-8-12-6-22(7-13(12)9-23)15-2-1-11(3-18)4-20-15/h1-2,4-5,10,12-13H,6-9H2. The van der Waals surface area contributed by atoms with Crippen molar-refractivity contribution in [1.29, 1.82) is 5.26 Å².